The standard InChI is InChI=1S/C8H6O7S.Na/c9-7(10)4-1-5(8(11)12)3-6(2-4)16(13,14)15;/h1-3H,(H,9,10)(H,11,12)(H,13,14,15);/q;+1. The number of rotatable bonds is 3. The summed E-state index contributed by atoms with van der Waals surface area (Å²) in [6, 6.07) is 2.13. The monoisotopic (exact) mass is 269 g/mol. The Balaban J connectivity index is 0.00000256. The zero-order valence-corrected chi connectivity index (χ0v) is 11.4. The predicted octanol–water partition coefficient (Wildman–Crippen LogP) is -2.67. The van der Waals surface area contributed by atoms with Gasteiger partial charge >= 0.3 is 41.5 Å². The van der Waals surface area contributed by atoms with Crippen LogP contribution in [0.4, 0.5) is 0 Å². The van der Waals surface area contributed by atoms with Crippen LogP contribution in [-0.4, -0.2) is 35.1 Å². The Bertz CT molecular complexity index is 531. The van der Waals surface area contributed by atoms with Crippen molar-refractivity contribution in [2.24, 2.45) is 0 Å². The molecule has 1 aromatic carbocycles. The number of carbonyl (C=O) groups is 2. The maximum absolute atomic E-state index is 10.8. The largest absolute Gasteiger partial charge is 1.00 e. The molecule has 7 nitrogen and oxygen atoms in total. The Morgan fingerprint density at radius 3 is 1.53 bits per heavy atom. The second kappa shape index (κ2) is 5.61. The van der Waals surface area contributed by atoms with Gasteiger partial charge < -0.3 is 10.2 Å². The molecule has 0 spiro atoms. The number of carboxylic acids is 2. The summed E-state index contributed by atoms with van der Waals surface area (Å²) in [6.45, 7) is 0. The molecule has 0 aromatic heterocycles. The van der Waals surface area contributed by atoms with Crippen molar-refractivity contribution in [2.75, 3.05) is 0 Å². The van der Waals surface area contributed by atoms with Crippen LogP contribution < -0.4 is 29.6 Å². The zero-order valence-electron chi connectivity index (χ0n) is 8.61. The molecule has 0 unspecified atom stereocenters. The van der Waals surface area contributed by atoms with E-state index in [4.69, 9.17) is 14.8 Å². The van der Waals surface area contributed by atoms with Gasteiger partial charge in [0.15, 0.2) is 0 Å². The number of hydrogen-bond donors (Lipinski definition) is 3. The molecule has 0 bridgehead atoms. The molecule has 1 aromatic rings. The van der Waals surface area contributed by atoms with E-state index < -0.39 is 38.1 Å². The van der Waals surface area contributed by atoms with E-state index in [-0.39, 0.29) is 29.6 Å². The number of aromatic carboxylic acids is 2. The van der Waals surface area contributed by atoms with E-state index >= 15 is 0 Å². The maximum atomic E-state index is 10.8. The van der Waals surface area contributed by atoms with E-state index in [1.807, 2.05) is 0 Å². The molecule has 0 saturated carbocycles. The first-order valence-electron chi connectivity index (χ1n) is 3.81. The molecule has 0 saturated heterocycles. The van der Waals surface area contributed by atoms with Gasteiger partial charge in [0, 0.05) is 0 Å². The van der Waals surface area contributed by atoms with Crippen LogP contribution >= 0.6 is 0 Å². The quantitative estimate of drug-likeness (QED) is 0.403. The van der Waals surface area contributed by atoms with E-state index in [1.54, 1.807) is 0 Å². The molecule has 0 fully saturated rings. The van der Waals surface area contributed by atoms with E-state index in [2.05, 4.69) is 0 Å². The molecule has 86 valence electrons. The van der Waals surface area contributed by atoms with Crippen molar-refractivity contribution in [3.05, 3.63) is 29.3 Å². The van der Waals surface area contributed by atoms with Crippen LogP contribution in [0, 0.1) is 0 Å². The molecule has 0 aliphatic heterocycles. The zero-order chi connectivity index (χ0) is 12.5. The first-order chi connectivity index (χ1) is 7.21. The summed E-state index contributed by atoms with van der Waals surface area (Å²) in [7, 11) is -4.64. The Labute approximate surface area is 118 Å². The van der Waals surface area contributed by atoms with Crippen molar-refractivity contribution >= 4 is 22.1 Å². The molecule has 3 N–H and O–H groups in total. The van der Waals surface area contributed by atoms with Crippen molar-refractivity contribution in [1.29, 1.82) is 0 Å². The van der Waals surface area contributed by atoms with Crippen LogP contribution in [0.1, 0.15) is 20.7 Å². The van der Waals surface area contributed by atoms with Gasteiger partial charge in [0.1, 0.15) is 0 Å². The Kier molecular flexibility index (Phi) is 5.30. The summed E-state index contributed by atoms with van der Waals surface area (Å²) in [6.07, 6.45) is 0. The molecule has 17 heavy (non-hydrogen) atoms. The van der Waals surface area contributed by atoms with Crippen LogP contribution in [0.5, 0.6) is 0 Å². The van der Waals surface area contributed by atoms with Gasteiger partial charge in [-0.15, -0.1) is 0 Å². The number of benzene rings is 1. The van der Waals surface area contributed by atoms with Gasteiger partial charge in [0.05, 0.1) is 16.0 Å². The molecule has 0 aliphatic carbocycles. The van der Waals surface area contributed by atoms with Gasteiger partial charge in [-0.3, -0.25) is 4.55 Å². The fourth-order valence-electron chi connectivity index (χ4n) is 0.995. The summed E-state index contributed by atoms with van der Waals surface area (Å²) in [5.41, 5.74) is -1.07. The predicted molar refractivity (Wildman–Crippen MR) is 50.2 cm³/mol. The molecule has 0 atom stereocenters. The summed E-state index contributed by atoms with van der Waals surface area (Å²) < 4.78 is 30.2. The summed E-state index contributed by atoms with van der Waals surface area (Å²) in [5, 5.41) is 17.2. The van der Waals surface area contributed by atoms with Crippen LogP contribution in [-0.2, 0) is 10.1 Å². The summed E-state index contributed by atoms with van der Waals surface area (Å²) >= 11 is 0. The molecule has 0 radical (unpaired) electrons. The topological polar surface area (TPSA) is 129 Å². The van der Waals surface area contributed by atoms with Crippen LogP contribution in [0.3, 0.4) is 0 Å². The second-order valence-corrected chi connectivity index (χ2v) is 4.25. The minimum absolute atomic E-state index is 0. The summed E-state index contributed by atoms with van der Waals surface area (Å²) in [4.78, 5) is 20.4. The first-order valence-corrected chi connectivity index (χ1v) is 5.25. The molecule has 0 aliphatic rings. The summed E-state index contributed by atoms with van der Waals surface area (Å²) in [5.74, 6) is -2.99. The first kappa shape index (κ1) is 16.1. The van der Waals surface area contributed by atoms with Gasteiger partial charge in [-0.2, -0.15) is 8.42 Å². The van der Waals surface area contributed by atoms with E-state index in [0.29, 0.717) is 12.1 Å². The molecular formula is C8H6NaO7S+. The third kappa shape index (κ3) is 4.10. The van der Waals surface area contributed by atoms with Crippen LogP contribution in [0.15, 0.2) is 23.1 Å². The maximum Gasteiger partial charge on any atom is 1.00 e. The third-order valence-electron chi connectivity index (χ3n) is 1.70. The van der Waals surface area contributed by atoms with Crippen molar-refractivity contribution in [2.45, 2.75) is 4.90 Å². The minimum Gasteiger partial charge on any atom is -0.478 e. The van der Waals surface area contributed by atoms with Crippen molar-refractivity contribution in [3.63, 3.8) is 0 Å². The fourth-order valence-corrected chi connectivity index (χ4v) is 1.55. The molecule has 9 heteroatoms. The van der Waals surface area contributed by atoms with Crippen LogP contribution in [0.2, 0.25) is 0 Å². The molecule has 0 heterocycles. The minimum atomic E-state index is -4.64. The molecular weight excluding hydrogens is 263 g/mol. The normalized spacial score (nSPS) is 10.4. The Morgan fingerprint density at radius 1 is 0.941 bits per heavy atom. The van der Waals surface area contributed by atoms with E-state index in [0.717, 1.165) is 6.07 Å². The number of carboxylic acid groups (broad SMARTS) is 2. The number of hydrogen-bond acceptors (Lipinski definition) is 4. The van der Waals surface area contributed by atoms with Gasteiger partial charge in [-0.1, -0.05) is 0 Å². The van der Waals surface area contributed by atoms with Gasteiger partial charge in [-0.25, -0.2) is 9.59 Å². The molecule has 0 amide bonds. The van der Waals surface area contributed by atoms with Crippen LogP contribution in [0.25, 0.3) is 0 Å². The van der Waals surface area contributed by atoms with Crippen molar-refractivity contribution in [1.82, 2.24) is 0 Å². The van der Waals surface area contributed by atoms with Gasteiger partial charge in [-0.05, 0) is 18.2 Å². The van der Waals surface area contributed by atoms with Crippen molar-refractivity contribution < 1.29 is 62.3 Å². The average Bonchev–Trinajstić information content (AvgIpc) is 2.15. The molecule has 1 rings (SSSR count). The Hall–Kier alpha value is -0.930. The third-order valence-corrected chi connectivity index (χ3v) is 2.53. The Morgan fingerprint density at radius 2 is 1.29 bits per heavy atom. The smallest absolute Gasteiger partial charge is 0.478 e. The fraction of sp³-hybridized carbons (Fsp3) is 0. The van der Waals surface area contributed by atoms with Gasteiger partial charge in [0.2, 0.25) is 0 Å². The average molecular weight is 269 g/mol. The van der Waals surface area contributed by atoms with E-state index in [9.17, 15) is 18.0 Å². The van der Waals surface area contributed by atoms with E-state index in [1.165, 1.54) is 0 Å². The van der Waals surface area contributed by atoms with Gasteiger partial charge in [0.25, 0.3) is 10.1 Å². The SMILES string of the molecule is O=C(O)c1cc(C(=O)O)cc(S(=O)(=O)O)c1.[Na+]. The van der Waals surface area contributed by atoms with Crippen molar-refractivity contribution in [3.8, 4) is 0 Å². The second-order valence-electron chi connectivity index (χ2n) is 2.83.